The van der Waals surface area contributed by atoms with Crippen molar-refractivity contribution < 1.29 is 12.8 Å². The average molecular weight is 98.4 g/mol. The Kier molecular flexibility index (Phi) is 7.76. The van der Waals surface area contributed by atoms with E-state index in [4.69, 9.17) is 5.11 Å². The maximum atomic E-state index is 9.25. The van der Waals surface area contributed by atoms with Crippen molar-refractivity contribution in [3.8, 4) is 0 Å². The Morgan fingerprint density at radius 2 is 2.17 bits per heavy atom. The second-order valence-corrected chi connectivity index (χ2v) is 0.542. The van der Waals surface area contributed by atoms with Gasteiger partial charge in [-0.25, -0.2) is 4.79 Å². The van der Waals surface area contributed by atoms with Gasteiger partial charge in [0.15, 0.2) is 0 Å². The number of rotatable bonds is 1. The van der Waals surface area contributed by atoms with E-state index in [1.165, 1.54) is 0 Å². The molecular weight excluding hydrogens is 92.3 g/mol. The predicted molar refractivity (Wildman–Crippen MR) is 25.8 cm³/mol. The first-order chi connectivity index (χ1) is 2.27. The van der Waals surface area contributed by atoms with Crippen LogP contribution in [0.25, 0.3) is 0 Å². The quantitative estimate of drug-likeness (QED) is 0.373. The molecule has 0 aliphatic rings. The Balaban J connectivity index is -0.0000000267. The molecule has 0 aliphatic heterocycles. The molecule has 0 aromatic heterocycles. The number of hydrogen-bond donors (Lipinski definition) is 1. The summed E-state index contributed by atoms with van der Waals surface area (Å²) < 4.78 is 0. The Morgan fingerprint density at radius 1 is 2.00 bits per heavy atom. The topological polar surface area (TPSA) is 37.3 Å². The summed E-state index contributed by atoms with van der Waals surface area (Å²) in [5.74, 6) is -0.981. The summed E-state index contributed by atoms with van der Waals surface area (Å²) in [6, 6.07) is 0. The summed E-state index contributed by atoms with van der Waals surface area (Å²) in [4.78, 5) is 9.25. The summed E-state index contributed by atoms with van der Waals surface area (Å²) in [5.41, 5.74) is 0. The van der Waals surface area contributed by atoms with E-state index in [1.807, 2.05) is 0 Å². The van der Waals surface area contributed by atoms with Crippen LogP contribution in [0.2, 0.25) is 0 Å². The first-order valence-electron chi connectivity index (χ1n) is 1.12. The smallest absolute Gasteiger partial charge is 1.00 e. The molecule has 0 saturated heterocycles. The largest absolute Gasteiger partial charge is 2.00 e. The summed E-state index contributed by atoms with van der Waals surface area (Å²) in [7, 11) is 0. The molecule has 0 saturated carbocycles. The minimum atomic E-state index is -0.981. The van der Waals surface area contributed by atoms with Crippen LogP contribution in [-0.2, 0) is 4.79 Å². The molecule has 0 aromatic carbocycles. The summed E-state index contributed by atoms with van der Waals surface area (Å²) in [5, 5.41) is 7.60. The van der Waals surface area contributed by atoms with Crippen molar-refractivity contribution in [2.75, 3.05) is 0 Å². The van der Waals surface area contributed by atoms with Crippen LogP contribution in [0, 0.1) is 0 Å². The molecule has 0 heterocycles. The van der Waals surface area contributed by atoms with Gasteiger partial charge in [0.05, 0.1) is 0 Å². The molecule has 0 unspecified atom stereocenters. The van der Waals surface area contributed by atoms with Gasteiger partial charge in [-0.2, -0.15) is 0 Å². The van der Waals surface area contributed by atoms with Crippen molar-refractivity contribution >= 4 is 29.0 Å². The normalized spacial score (nSPS) is 5.33. The molecular formula is C3H6MgO2. The molecule has 0 aliphatic carbocycles. The molecule has 0 radical (unpaired) electrons. The van der Waals surface area contributed by atoms with Gasteiger partial charge in [0.25, 0.3) is 0 Å². The van der Waals surface area contributed by atoms with E-state index in [2.05, 4.69) is 6.58 Å². The standard InChI is InChI=1S/C3H4O2.Mg.2H/c1-2-3(4)5;;;/h2H,1H2,(H,4,5);;;/q;+2;2*-1. The van der Waals surface area contributed by atoms with Gasteiger partial charge in [0.2, 0.25) is 0 Å². The van der Waals surface area contributed by atoms with E-state index in [0.29, 0.717) is 0 Å². The van der Waals surface area contributed by atoms with E-state index in [0.717, 1.165) is 6.08 Å². The molecule has 0 spiro atoms. The van der Waals surface area contributed by atoms with Crippen LogP contribution < -0.4 is 0 Å². The first-order valence-corrected chi connectivity index (χ1v) is 1.12. The van der Waals surface area contributed by atoms with Crippen molar-refractivity contribution in [3.05, 3.63) is 12.7 Å². The van der Waals surface area contributed by atoms with E-state index in [-0.39, 0.29) is 25.9 Å². The molecule has 0 amide bonds. The first kappa shape index (κ1) is 9.36. The fourth-order valence-corrected chi connectivity index (χ4v) is 0. The van der Waals surface area contributed by atoms with Crippen LogP contribution in [-0.4, -0.2) is 34.1 Å². The molecule has 6 heavy (non-hydrogen) atoms. The van der Waals surface area contributed by atoms with Gasteiger partial charge in [-0.3, -0.25) is 0 Å². The molecule has 32 valence electrons. The zero-order chi connectivity index (χ0) is 4.28. The second kappa shape index (κ2) is 4.98. The maximum absolute atomic E-state index is 9.25. The molecule has 3 heteroatoms. The fourth-order valence-electron chi connectivity index (χ4n) is 0. The van der Waals surface area contributed by atoms with E-state index < -0.39 is 5.97 Å². The third-order valence-electron chi connectivity index (χ3n) is 0.175. The third kappa shape index (κ3) is 9.02. The third-order valence-corrected chi connectivity index (χ3v) is 0.175. The zero-order valence-electron chi connectivity index (χ0n) is 5.35. The fraction of sp³-hybridized carbons (Fsp3) is 0. The van der Waals surface area contributed by atoms with Gasteiger partial charge in [-0.15, -0.1) is 0 Å². The Labute approximate surface area is 55.0 Å². The summed E-state index contributed by atoms with van der Waals surface area (Å²) in [6.07, 6.45) is 0.833. The number of carbonyl (C=O) groups is 1. The van der Waals surface area contributed by atoms with Crippen molar-refractivity contribution in [2.24, 2.45) is 0 Å². The predicted octanol–water partition coefficient (Wildman–Crippen LogP) is 0.101. The average Bonchev–Trinajstić information content (AvgIpc) is 1.38. The molecule has 1 N–H and O–H groups in total. The van der Waals surface area contributed by atoms with Crippen molar-refractivity contribution in [2.45, 2.75) is 0 Å². The summed E-state index contributed by atoms with van der Waals surface area (Å²) >= 11 is 0. The van der Waals surface area contributed by atoms with Crippen LogP contribution in [0.1, 0.15) is 2.85 Å². The number of carboxylic acid groups (broad SMARTS) is 1. The van der Waals surface area contributed by atoms with E-state index in [9.17, 15) is 4.79 Å². The maximum Gasteiger partial charge on any atom is 2.00 e. The number of carboxylic acids is 1. The molecule has 2 nitrogen and oxygen atoms in total. The number of aliphatic carboxylic acids is 1. The van der Waals surface area contributed by atoms with Crippen LogP contribution in [0.4, 0.5) is 0 Å². The minimum absolute atomic E-state index is 0. The van der Waals surface area contributed by atoms with Crippen LogP contribution in [0.5, 0.6) is 0 Å². The van der Waals surface area contributed by atoms with Gasteiger partial charge >= 0.3 is 29.0 Å². The van der Waals surface area contributed by atoms with Gasteiger partial charge in [-0.05, 0) is 0 Å². The molecule has 0 rings (SSSR count). The van der Waals surface area contributed by atoms with Gasteiger partial charge < -0.3 is 7.96 Å². The second-order valence-electron chi connectivity index (χ2n) is 0.542. The number of hydrogen-bond acceptors (Lipinski definition) is 1. The van der Waals surface area contributed by atoms with Crippen molar-refractivity contribution in [3.63, 3.8) is 0 Å². The Bertz CT molecular complexity index is 66.3. The molecule has 0 bridgehead atoms. The molecule has 0 fully saturated rings. The summed E-state index contributed by atoms with van der Waals surface area (Å²) in [6.45, 7) is 2.96. The zero-order valence-corrected chi connectivity index (χ0v) is 4.76. The van der Waals surface area contributed by atoms with Crippen molar-refractivity contribution in [1.82, 2.24) is 0 Å². The van der Waals surface area contributed by atoms with Gasteiger partial charge in [0, 0.05) is 6.08 Å². The van der Waals surface area contributed by atoms with Gasteiger partial charge in [-0.1, -0.05) is 6.58 Å². The molecule has 0 aromatic rings. The van der Waals surface area contributed by atoms with Crippen LogP contribution >= 0.6 is 0 Å². The minimum Gasteiger partial charge on any atom is -1.00 e. The molecule has 0 atom stereocenters. The SMILES string of the molecule is C=CC(=O)O.[H-].[H-].[Mg+2]. The van der Waals surface area contributed by atoms with Gasteiger partial charge in [0.1, 0.15) is 0 Å². The van der Waals surface area contributed by atoms with E-state index >= 15 is 0 Å². The Hall–Kier alpha value is -0.0238. The Morgan fingerprint density at radius 3 is 2.17 bits per heavy atom. The van der Waals surface area contributed by atoms with Crippen LogP contribution in [0.15, 0.2) is 12.7 Å². The van der Waals surface area contributed by atoms with E-state index in [1.54, 1.807) is 0 Å². The van der Waals surface area contributed by atoms with Crippen molar-refractivity contribution in [1.29, 1.82) is 0 Å². The monoisotopic (exact) mass is 98.0 g/mol. The van der Waals surface area contributed by atoms with Crippen LogP contribution in [0.3, 0.4) is 0 Å².